The topological polar surface area (TPSA) is 18.5 Å². The first-order chi connectivity index (χ1) is 8.22. The Morgan fingerprint density at radius 3 is 2.59 bits per heavy atom. The van der Waals surface area contributed by atoms with Gasteiger partial charge in [0.25, 0.3) is 0 Å². The van der Waals surface area contributed by atoms with Gasteiger partial charge in [-0.2, -0.15) is 0 Å². The molecule has 0 radical (unpaired) electrons. The fourth-order valence-electron chi connectivity index (χ4n) is 1.35. The molecule has 1 aromatic carbocycles. The second-order valence-corrected chi connectivity index (χ2v) is 4.71. The second-order valence-electron chi connectivity index (χ2n) is 3.80. The Morgan fingerprint density at radius 2 is 1.88 bits per heavy atom. The molecule has 0 aliphatic rings. The first-order valence-electron chi connectivity index (χ1n) is 5.83. The van der Waals surface area contributed by atoms with Gasteiger partial charge in [-0.15, -0.1) is 0 Å². The summed E-state index contributed by atoms with van der Waals surface area (Å²) < 4.78 is 24.5. The average Bonchev–Trinajstić information content (AvgIpc) is 2.26. The van der Waals surface area contributed by atoms with E-state index in [0.717, 1.165) is 29.5 Å². The quantitative estimate of drug-likeness (QED) is 0.678. The summed E-state index contributed by atoms with van der Waals surface area (Å²) >= 11 is 3.24. The van der Waals surface area contributed by atoms with E-state index in [2.05, 4.69) is 22.9 Å². The lowest BCUT2D eigenvalue weighted by Gasteiger charge is -2.06. The van der Waals surface area contributed by atoms with Gasteiger partial charge in [-0.3, -0.25) is 0 Å². The Kier molecular flexibility index (Phi) is 7.40. The zero-order valence-corrected chi connectivity index (χ0v) is 11.6. The predicted molar refractivity (Wildman–Crippen MR) is 69.5 cm³/mol. The van der Waals surface area contributed by atoms with E-state index >= 15 is 0 Å². The lowest BCUT2D eigenvalue weighted by atomic mass is 10.2. The van der Waals surface area contributed by atoms with E-state index in [9.17, 15) is 4.39 Å². The molecular weight excluding hydrogens is 287 g/mol. The third kappa shape index (κ3) is 6.76. The van der Waals surface area contributed by atoms with Crippen molar-refractivity contribution < 1.29 is 13.9 Å². The van der Waals surface area contributed by atoms with Gasteiger partial charge in [0.05, 0.1) is 19.8 Å². The smallest absolute Gasteiger partial charge is 0.124 e. The number of ether oxygens (including phenoxy) is 2. The summed E-state index contributed by atoms with van der Waals surface area (Å²) in [5.41, 5.74) is 0.824. The number of unbranched alkanes of at least 4 members (excludes halogenated alkanes) is 1. The molecule has 2 nitrogen and oxygen atoms in total. The molecule has 0 heterocycles. The van der Waals surface area contributed by atoms with Crippen LogP contribution in [0.15, 0.2) is 22.7 Å². The maximum atomic E-state index is 13.0. The van der Waals surface area contributed by atoms with Crippen LogP contribution in [0.4, 0.5) is 4.39 Å². The summed E-state index contributed by atoms with van der Waals surface area (Å²) in [4.78, 5) is 0. The molecule has 4 heteroatoms. The van der Waals surface area contributed by atoms with Crippen molar-refractivity contribution in [2.75, 3.05) is 19.8 Å². The molecule has 0 fully saturated rings. The molecule has 17 heavy (non-hydrogen) atoms. The third-order valence-corrected chi connectivity index (χ3v) is 2.66. The fourth-order valence-corrected chi connectivity index (χ4v) is 1.86. The highest BCUT2D eigenvalue weighted by atomic mass is 79.9. The molecule has 0 aliphatic heterocycles. The Hall–Kier alpha value is -0.450. The summed E-state index contributed by atoms with van der Waals surface area (Å²) in [6.45, 7) is 4.45. The molecule has 0 saturated carbocycles. The lowest BCUT2D eigenvalue weighted by molar-refractivity contribution is 0.0396. The molecule has 0 amide bonds. The fraction of sp³-hybridized carbons (Fsp3) is 0.538. The second kappa shape index (κ2) is 8.61. The Morgan fingerprint density at radius 1 is 1.12 bits per heavy atom. The van der Waals surface area contributed by atoms with E-state index in [1.807, 2.05) is 6.07 Å². The van der Waals surface area contributed by atoms with Gasteiger partial charge in [-0.25, -0.2) is 4.39 Å². The van der Waals surface area contributed by atoms with Crippen LogP contribution < -0.4 is 0 Å². The number of hydrogen-bond acceptors (Lipinski definition) is 2. The predicted octanol–water partition coefficient (Wildman–Crippen LogP) is 3.92. The molecule has 0 aliphatic carbocycles. The van der Waals surface area contributed by atoms with Crippen LogP contribution in [0.3, 0.4) is 0 Å². The molecule has 0 aromatic heterocycles. The molecular formula is C13H18BrFO2. The summed E-state index contributed by atoms with van der Waals surface area (Å²) in [6.07, 6.45) is 2.22. The van der Waals surface area contributed by atoms with Crippen LogP contribution in [0.1, 0.15) is 25.3 Å². The van der Waals surface area contributed by atoms with Gasteiger partial charge >= 0.3 is 0 Å². The molecule has 1 aromatic rings. The normalized spacial score (nSPS) is 10.8. The van der Waals surface area contributed by atoms with Gasteiger partial charge in [-0.1, -0.05) is 29.3 Å². The molecule has 0 atom stereocenters. The highest BCUT2D eigenvalue weighted by Crippen LogP contribution is 2.15. The van der Waals surface area contributed by atoms with Crippen molar-refractivity contribution in [3.63, 3.8) is 0 Å². The maximum absolute atomic E-state index is 13.0. The van der Waals surface area contributed by atoms with Gasteiger partial charge in [-0.05, 0) is 30.2 Å². The van der Waals surface area contributed by atoms with Crippen molar-refractivity contribution in [3.05, 3.63) is 34.1 Å². The highest BCUT2D eigenvalue weighted by Gasteiger charge is 1.99. The molecule has 0 N–H and O–H groups in total. The Bertz CT molecular complexity index is 311. The van der Waals surface area contributed by atoms with Crippen molar-refractivity contribution in [2.45, 2.75) is 26.4 Å². The van der Waals surface area contributed by atoms with Crippen molar-refractivity contribution in [3.8, 4) is 0 Å². The largest absolute Gasteiger partial charge is 0.379 e. The van der Waals surface area contributed by atoms with E-state index in [-0.39, 0.29) is 5.82 Å². The summed E-state index contributed by atoms with van der Waals surface area (Å²) in [5, 5.41) is 0. The van der Waals surface area contributed by atoms with Gasteiger partial charge in [0.15, 0.2) is 0 Å². The van der Waals surface area contributed by atoms with E-state index in [4.69, 9.17) is 9.47 Å². The zero-order chi connectivity index (χ0) is 12.5. The van der Waals surface area contributed by atoms with E-state index < -0.39 is 0 Å². The molecule has 0 unspecified atom stereocenters. The standard InChI is InChI=1S/C13H18BrFO2/c1-2-3-4-16-5-6-17-10-11-7-12(14)9-13(15)8-11/h7-9H,2-6,10H2,1H3. The van der Waals surface area contributed by atoms with Crippen LogP contribution in [0.2, 0.25) is 0 Å². The summed E-state index contributed by atoms with van der Waals surface area (Å²) in [5.74, 6) is -0.253. The van der Waals surface area contributed by atoms with Crippen LogP contribution in [-0.4, -0.2) is 19.8 Å². The SMILES string of the molecule is CCCCOCCOCc1cc(F)cc(Br)c1. The Labute approximate surface area is 110 Å². The van der Waals surface area contributed by atoms with Crippen molar-refractivity contribution in [1.82, 2.24) is 0 Å². The number of benzene rings is 1. The molecule has 1 rings (SSSR count). The highest BCUT2D eigenvalue weighted by molar-refractivity contribution is 9.10. The number of rotatable bonds is 8. The van der Waals surface area contributed by atoms with Crippen molar-refractivity contribution in [2.24, 2.45) is 0 Å². The summed E-state index contributed by atoms with van der Waals surface area (Å²) in [7, 11) is 0. The van der Waals surface area contributed by atoms with E-state index in [1.165, 1.54) is 12.1 Å². The van der Waals surface area contributed by atoms with Gasteiger partial charge < -0.3 is 9.47 Å². The first-order valence-corrected chi connectivity index (χ1v) is 6.62. The lowest BCUT2D eigenvalue weighted by Crippen LogP contribution is -2.05. The van der Waals surface area contributed by atoms with Gasteiger partial charge in [0.2, 0.25) is 0 Å². The minimum Gasteiger partial charge on any atom is -0.379 e. The minimum atomic E-state index is -0.253. The first kappa shape index (κ1) is 14.6. The third-order valence-electron chi connectivity index (χ3n) is 2.21. The van der Waals surface area contributed by atoms with Gasteiger partial charge in [0.1, 0.15) is 5.82 Å². The summed E-state index contributed by atoms with van der Waals surface area (Å²) in [6, 6.07) is 4.75. The van der Waals surface area contributed by atoms with Crippen LogP contribution >= 0.6 is 15.9 Å². The molecule has 96 valence electrons. The van der Waals surface area contributed by atoms with E-state index in [0.29, 0.717) is 19.8 Å². The minimum absolute atomic E-state index is 0.253. The van der Waals surface area contributed by atoms with E-state index in [1.54, 1.807) is 0 Å². The van der Waals surface area contributed by atoms with Crippen molar-refractivity contribution in [1.29, 1.82) is 0 Å². The van der Waals surface area contributed by atoms with Crippen LogP contribution in [0, 0.1) is 5.82 Å². The van der Waals surface area contributed by atoms with Crippen LogP contribution in [0.25, 0.3) is 0 Å². The van der Waals surface area contributed by atoms with Crippen molar-refractivity contribution >= 4 is 15.9 Å². The van der Waals surface area contributed by atoms with Crippen LogP contribution in [-0.2, 0) is 16.1 Å². The number of halogens is 2. The zero-order valence-electron chi connectivity index (χ0n) is 10.0. The molecule has 0 saturated heterocycles. The molecule has 0 bridgehead atoms. The average molecular weight is 305 g/mol. The van der Waals surface area contributed by atoms with Gasteiger partial charge in [0, 0.05) is 11.1 Å². The number of hydrogen-bond donors (Lipinski definition) is 0. The Balaban J connectivity index is 2.13. The maximum Gasteiger partial charge on any atom is 0.124 e. The van der Waals surface area contributed by atoms with Crippen LogP contribution in [0.5, 0.6) is 0 Å². The molecule has 0 spiro atoms. The monoisotopic (exact) mass is 304 g/mol.